The standard InChI is InChI=1S/C11H8Cl2O2/c12-9(13)5-3-7-1-2-8-4-6-10(14)15-11(7)8/h3-6H,1-2H2. The van der Waals surface area contributed by atoms with Crippen LogP contribution in [0.1, 0.15) is 17.7 Å². The lowest BCUT2D eigenvalue weighted by atomic mass is 10.2. The van der Waals surface area contributed by atoms with Crippen molar-refractivity contribution in [3.8, 4) is 0 Å². The van der Waals surface area contributed by atoms with Gasteiger partial charge < -0.3 is 4.42 Å². The van der Waals surface area contributed by atoms with E-state index in [0.29, 0.717) is 5.76 Å². The minimum Gasteiger partial charge on any atom is -0.423 e. The van der Waals surface area contributed by atoms with Gasteiger partial charge in [0.2, 0.25) is 0 Å². The topological polar surface area (TPSA) is 30.2 Å². The third-order valence-electron chi connectivity index (χ3n) is 2.28. The van der Waals surface area contributed by atoms with Crippen molar-refractivity contribution < 1.29 is 4.42 Å². The van der Waals surface area contributed by atoms with E-state index in [-0.39, 0.29) is 10.1 Å². The first-order valence-electron chi connectivity index (χ1n) is 4.52. The molecule has 0 fully saturated rings. The lowest BCUT2D eigenvalue weighted by molar-refractivity contribution is 0.496. The minimum absolute atomic E-state index is 0.189. The molecule has 0 N–H and O–H groups in total. The molecule has 2 rings (SSSR count). The van der Waals surface area contributed by atoms with E-state index >= 15 is 0 Å². The van der Waals surface area contributed by atoms with Gasteiger partial charge in [-0.2, -0.15) is 0 Å². The van der Waals surface area contributed by atoms with Gasteiger partial charge in [0.05, 0.1) is 0 Å². The van der Waals surface area contributed by atoms with Crippen molar-refractivity contribution in [3.63, 3.8) is 0 Å². The quantitative estimate of drug-likeness (QED) is 0.757. The van der Waals surface area contributed by atoms with Crippen molar-refractivity contribution in [2.75, 3.05) is 0 Å². The third kappa shape index (κ3) is 2.33. The van der Waals surface area contributed by atoms with E-state index in [1.54, 1.807) is 18.2 Å². The van der Waals surface area contributed by atoms with Gasteiger partial charge in [-0.05, 0) is 36.1 Å². The highest BCUT2D eigenvalue weighted by molar-refractivity contribution is 6.56. The Hall–Kier alpha value is -0.990. The Bertz CT molecular complexity index is 494. The lowest BCUT2D eigenvalue weighted by Crippen LogP contribution is -1.97. The van der Waals surface area contributed by atoms with Gasteiger partial charge in [-0.3, -0.25) is 0 Å². The first-order chi connectivity index (χ1) is 7.16. The molecule has 78 valence electrons. The van der Waals surface area contributed by atoms with Crippen LogP contribution in [0, 0.1) is 0 Å². The molecule has 0 radical (unpaired) electrons. The Morgan fingerprint density at radius 3 is 2.87 bits per heavy atom. The van der Waals surface area contributed by atoms with Crippen molar-refractivity contribution >= 4 is 28.8 Å². The molecule has 4 heteroatoms. The van der Waals surface area contributed by atoms with Gasteiger partial charge in [0, 0.05) is 6.07 Å². The zero-order valence-corrected chi connectivity index (χ0v) is 9.31. The van der Waals surface area contributed by atoms with Crippen LogP contribution in [0.2, 0.25) is 0 Å². The van der Waals surface area contributed by atoms with Crippen LogP contribution < -0.4 is 5.63 Å². The second-order valence-electron chi connectivity index (χ2n) is 3.26. The number of fused-ring (bicyclic) bond motifs is 1. The molecule has 0 aliphatic heterocycles. The summed E-state index contributed by atoms with van der Waals surface area (Å²) < 4.78 is 5.31. The molecule has 0 aromatic carbocycles. The molecule has 1 heterocycles. The molecular weight excluding hydrogens is 235 g/mol. The van der Waals surface area contributed by atoms with Crippen LogP contribution in [0.15, 0.2) is 38.0 Å². The van der Waals surface area contributed by atoms with Gasteiger partial charge in [-0.25, -0.2) is 4.79 Å². The maximum Gasteiger partial charge on any atom is 0.336 e. The number of rotatable bonds is 1. The Morgan fingerprint density at radius 1 is 1.33 bits per heavy atom. The third-order valence-corrected chi connectivity index (χ3v) is 2.53. The van der Waals surface area contributed by atoms with Crippen molar-refractivity contribution in [3.05, 3.63) is 50.5 Å². The van der Waals surface area contributed by atoms with Gasteiger partial charge in [0.1, 0.15) is 10.3 Å². The van der Waals surface area contributed by atoms with Crippen LogP contribution >= 0.6 is 23.2 Å². The maximum absolute atomic E-state index is 11.1. The molecule has 0 unspecified atom stereocenters. The Kier molecular flexibility index (Phi) is 2.98. The molecule has 0 saturated carbocycles. The molecule has 2 nitrogen and oxygen atoms in total. The Balaban J connectivity index is 2.44. The Labute approximate surface area is 96.8 Å². The zero-order valence-electron chi connectivity index (χ0n) is 7.80. The monoisotopic (exact) mass is 242 g/mol. The second-order valence-corrected chi connectivity index (χ2v) is 4.26. The normalized spacial score (nSPS) is 16.5. The molecule has 0 atom stereocenters. The summed E-state index contributed by atoms with van der Waals surface area (Å²) in [6.45, 7) is 0. The summed E-state index contributed by atoms with van der Waals surface area (Å²) in [7, 11) is 0. The van der Waals surface area contributed by atoms with Crippen LogP contribution in [0.3, 0.4) is 0 Å². The summed E-state index contributed by atoms with van der Waals surface area (Å²) in [5, 5.41) is 0. The van der Waals surface area contributed by atoms with Gasteiger partial charge in [0.15, 0.2) is 0 Å². The van der Waals surface area contributed by atoms with Crippen LogP contribution in [0.5, 0.6) is 0 Å². The molecule has 1 aromatic rings. The summed E-state index contributed by atoms with van der Waals surface area (Å²) >= 11 is 11.0. The highest BCUT2D eigenvalue weighted by Gasteiger charge is 2.18. The molecule has 1 aliphatic rings. The van der Waals surface area contributed by atoms with Gasteiger partial charge in [-0.15, -0.1) is 0 Å². The molecule has 0 spiro atoms. The Morgan fingerprint density at radius 2 is 2.13 bits per heavy atom. The van der Waals surface area contributed by atoms with E-state index in [2.05, 4.69) is 0 Å². The van der Waals surface area contributed by atoms with Crippen molar-refractivity contribution in [2.24, 2.45) is 0 Å². The summed E-state index contributed by atoms with van der Waals surface area (Å²) in [5.41, 5.74) is 1.68. The number of allylic oxidation sites excluding steroid dienone is 3. The highest BCUT2D eigenvalue weighted by atomic mass is 35.5. The van der Waals surface area contributed by atoms with E-state index in [9.17, 15) is 4.79 Å². The summed E-state index contributed by atoms with van der Waals surface area (Å²) in [4.78, 5) is 11.1. The number of halogens is 2. The van der Waals surface area contributed by atoms with Crippen LogP contribution in [0.25, 0.3) is 5.57 Å². The molecular formula is C11H8Cl2O2. The van der Waals surface area contributed by atoms with E-state index in [1.807, 2.05) is 0 Å². The zero-order chi connectivity index (χ0) is 10.8. The van der Waals surface area contributed by atoms with Gasteiger partial charge in [0.25, 0.3) is 0 Å². The van der Waals surface area contributed by atoms with Gasteiger partial charge >= 0.3 is 5.63 Å². The van der Waals surface area contributed by atoms with E-state index in [1.165, 1.54) is 6.07 Å². The highest BCUT2D eigenvalue weighted by Crippen LogP contribution is 2.31. The fourth-order valence-electron chi connectivity index (χ4n) is 1.62. The van der Waals surface area contributed by atoms with Crippen molar-refractivity contribution in [1.82, 2.24) is 0 Å². The summed E-state index contributed by atoms with van der Waals surface area (Å²) in [6, 6.07) is 3.24. The van der Waals surface area contributed by atoms with Crippen LogP contribution in [-0.2, 0) is 6.42 Å². The average Bonchev–Trinajstić information content (AvgIpc) is 2.57. The van der Waals surface area contributed by atoms with Crippen molar-refractivity contribution in [1.29, 1.82) is 0 Å². The minimum atomic E-state index is -0.331. The fraction of sp³-hybridized carbons (Fsp3) is 0.182. The number of aryl methyl sites for hydroxylation is 1. The summed E-state index contributed by atoms with van der Waals surface area (Å²) in [5.74, 6) is 0.660. The molecule has 0 bridgehead atoms. The lowest BCUT2D eigenvalue weighted by Gasteiger charge is -1.96. The van der Waals surface area contributed by atoms with Gasteiger partial charge in [-0.1, -0.05) is 29.3 Å². The van der Waals surface area contributed by atoms with E-state index in [0.717, 1.165) is 24.0 Å². The maximum atomic E-state index is 11.1. The average molecular weight is 243 g/mol. The van der Waals surface area contributed by atoms with Crippen LogP contribution in [-0.4, -0.2) is 0 Å². The van der Waals surface area contributed by atoms with Crippen LogP contribution in [0.4, 0.5) is 0 Å². The predicted molar refractivity (Wildman–Crippen MR) is 61.1 cm³/mol. The molecule has 1 aliphatic carbocycles. The first-order valence-corrected chi connectivity index (χ1v) is 5.27. The first kappa shape index (κ1) is 10.5. The molecule has 0 saturated heterocycles. The number of hydrogen-bond donors (Lipinski definition) is 0. The molecule has 1 aromatic heterocycles. The predicted octanol–water partition coefficient (Wildman–Crippen LogP) is 3.29. The fourth-order valence-corrected chi connectivity index (χ4v) is 1.74. The molecule has 0 amide bonds. The number of hydrogen-bond acceptors (Lipinski definition) is 2. The second kappa shape index (κ2) is 4.25. The van der Waals surface area contributed by atoms with Crippen molar-refractivity contribution in [2.45, 2.75) is 12.8 Å². The SMILES string of the molecule is O=c1ccc2c(o1)C(=CC=C(Cl)Cl)CC2. The smallest absolute Gasteiger partial charge is 0.336 e. The largest absolute Gasteiger partial charge is 0.423 e. The summed E-state index contributed by atoms with van der Waals surface area (Å²) in [6.07, 6.45) is 5.10. The van der Waals surface area contributed by atoms with E-state index < -0.39 is 0 Å². The van der Waals surface area contributed by atoms with E-state index in [4.69, 9.17) is 27.6 Å². The molecule has 15 heavy (non-hydrogen) atoms.